The molecule has 114 valence electrons. The van der Waals surface area contributed by atoms with Crippen LogP contribution in [0.3, 0.4) is 0 Å². The lowest BCUT2D eigenvalue weighted by molar-refractivity contribution is -0.123. The third kappa shape index (κ3) is 3.33. The Morgan fingerprint density at radius 1 is 1.33 bits per heavy atom. The van der Waals surface area contributed by atoms with Gasteiger partial charge in [-0.15, -0.1) is 0 Å². The van der Waals surface area contributed by atoms with E-state index < -0.39 is 0 Å². The van der Waals surface area contributed by atoms with E-state index >= 15 is 0 Å². The van der Waals surface area contributed by atoms with Gasteiger partial charge in [0.1, 0.15) is 11.5 Å². The van der Waals surface area contributed by atoms with Gasteiger partial charge in [0.2, 0.25) is 0 Å². The molecule has 1 aliphatic heterocycles. The summed E-state index contributed by atoms with van der Waals surface area (Å²) in [5.41, 5.74) is 2.71. The molecule has 1 heterocycles. The van der Waals surface area contributed by atoms with Gasteiger partial charge in [0.15, 0.2) is 0 Å². The molecule has 3 rings (SSSR count). The fraction of sp³-hybridized carbons (Fsp3) is 0.611. The first kappa shape index (κ1) is 15.1. The predicted octanol–water partition coefficient (Wildman–Crippen LogP) is 4.71. The second-order valence-corrected chi connectivity index (χ2v) is 8.15. The maximum absolute atomic E-state index is 12.6. The molecular weight excluding hydrogens is 328 g/mol. The molecule has 1 aromatic carbocycles. The number of fused-ring (bicyclic) bond motifs is 1. The largest absolute Gasteiger partial charge is 0.493 e. The van der Waals surface area contributed by atoms with Gasteiger partial charge in [-0.2, -0.15) is 0 Å². The van der Waals surface area contributed by atoms with Crippen molar-refractivity contribution in [3.8, 4) is 5.75 Å². The first-order valence-electron chi connectivity index (χ1n) is 7.91. The van der Waals surface area contributed by atoms with Crippen molar-refractivity contribution < 1.29 is 9.53 Å². The Hall–Kier alpha value is -0.830. The quantitative estimate of drug-likeness (QED) is 0.788. The van der Waals surface area contributed by atoms with E-state index in [1.54, 1.807) is 0 Å². The molecule has 1 aromatic rings. The molecule has 0 aromatic heterocycles. The van der Waals surface area contributed by atoms with Gasteiger partial charge in [-0.25, -0.2) is 0 Å². The zero-order valence-electron chi connectivity index (χ0n) is 12.9. The smallest absolute Gasteiger partial charge is 0.140 e. The first-order chi connectivity index (χ1) is 9.94. The maximum atomic E-state index is 12.6. The van der Waals surface area contributed by atoms with Crippen LogP contribution in [0.1, 0.15) is 50.7 Å². The first-order valence-corrected chi connectivity index (χ1v) is 8.71. The molecule has 3 heteroatoms. The average molecular weight is 351 g/mol. The van der Waals surface area contributed by atoms with E-state index in [1.807, 2.05) is 0 Å². The van der Waals surface area contributed by atoms with Crippen LogP contribution in [-0.4, -0.2) is 12.4 Å². The van der Waals surface area contributed by atoms with Crippen molar-refractivity contribution in [2.45, 2.75) is 52.4 Å². The highest BCUT2D eigenvalue weighted by Crippen LogP contribution is 2.39. The van der Waals surface area contributed by atoms with Gasteiger partial charge >= 0.3 is 0 Å². The molecule has 0 radical (unpaired) electrons. The number of hydrogen-bond acceptors (Lipinski definition) is 2. The van der Waals surface area contributed by atoms with Gasteiger partial charge in [-0.3, -0.25) is 4.79 Å². The maximum Gasteiger partial charge on any atom is 0.140 e. The fourth-order valence-electron chi connectivity index (χ4n) is 3.53. The zero-order valence-corrected chi connectivity index (χ0v) is 14.5. The molecule has 0 bridgehead atoms. The molecule has 0 saturated heterocycles. The highest BCUT2D eigenvalue weighted by atomic mass is 79.9. The summed E-state index contributed by atoms with van der Waals surface area (Å²) in [4.78, 5) is 12.6. The van der Waals surface area contributed by atoms with Gasteiger partial charge in [0.25, 0.3) is 0 Å². The van der Waals surface area contributed by atoms with Crippen LogP contribution in [0, 0.1) is 11.3 Å². The molecule has 1 fully saturated rings. The number of benzene rings is 1. The third-order valence-corrected chi connectivity index (χ3v) is 5.44. The van der Waals surface area contributed by atoms with Crippen LogP contribution in [0.5, 0.6) is 5.75 Å². The van der Waals surface area contributed by atoms with Crippen molar-refractivity contribution in [1.29, 1.82) is 0 Å². The summed E-state index contributed by atoms with van der Waals surface area (Å²) in [6, 6.07) is 4.16. The molecular formula is C18H23BrO2. The van der Waals surface area contributed by atoms with Gasteiger partial charge in [0.05, 0.1) is 6.61 Å². The van der Waals surface area contributed by atoms with Crippen LogP contribution in [0.4, 0.5) is 0 Å². The van der Waals surface area contributed by atoms with E-state index in [-0.39, 0.29) is 5.92 Å². The minimum absolute atomic E-state index is 0.244. The Morgan fingerprint density at radius 2 is 2.05 bits per heavy atom. The SMILES string of the molecule is CC1(C)CCC(C(=O)Cc2cc(Br)cc3c2OCC3)CC1. The minimum Gasteiger partial charge on any atom is -0.493 e. The van der Waals surface area contributed by atoms with E-state index in [9.17, 15) is 4.79 Å². The molecule has 1 aliphatic carbocycles. The van der Waals surface area contributed by atoms with Crippen molar-refractivity contribution in [2.24, 2.45) is 11.3 Å². The number of carbonyl (C=O) groups excluding carboxylic acids is 1. The van der Waals surface area contributed by atoms with Crippen LogP contribution in [0.2, 0.25) is 0 Å². The van der Waals surface area contributed by atoms with Crippen LogP contribution in [0.15, 0.2) is 16.6 Å². The summed E-state index contributed by atoms with van der Waals surface area (Å²) in [6.45, 7) is 5.36. The lowest BCUT2D eigenvalue weighted by Crippen LogP contribution is -2.27. The summed E-state index contributed by atoms with van der Waals surface area (Å²) in [7, 11) is 0. The van der Waals surface area contributed by atoms with Crippen molar-refractivity contribution in [3.63, 3.8) is 0 Å². The number of ketones is 1. The highest BCUT2D eigenvalue weighted by Gasteiger charge is 2.31. The van der Waals surface area contributed by atoms with Gasteiger partial charge in [-0.05, 0) is 48.8 Å². The van der Waals surface area contributed by atoms with Crippen LogP contribution in [-0.2, 0) is 17.6 Å². The van der Waals surface area contributed by atoms with Crippen molar-refractivity contribution in [2.75, 3.05) is 6.61 Å². The molecule has 0 amide bonds. The standard InChI is InChI=1S/C18H23BrO2/c1-18(2)6-3-12(4-7-18)16(20)11-14-10-15(19)9-13-5-8-21-17(13)14/h9-10,12H,3-8,11H2,1-2H3. The number of Topliss-reactive ketones (excluding diaryl/α,β-unsaturated/α-hetero) is 1. The summed E-state index contributed by atoms with van der Waals surface area (Å²) >= 11 is 3.55. The number of hydrogen-bond donors (Lipinski definition) is 0. The Morgan fingerprint density at radius 3 is 2.76 bits per heavy atom. The number of carbonyl (C=O) groups is 1. The lowest BCUT2D eigenvalue weighted by Gasteiger charge is -2.33. The summed E-state index contributed by atoms with van der Waals surface area (Å²) in [5, 5.41) is 0. The molecule has 0 atom stereocenters. The monoisotopic (exact) mass is 350 g/mol. The topological polar surface area (TPSA) is 26.3 Å². The molecule has 1 saturated carbocycles. The summed E-state index contributed by atoms with van der Waals surface area (Å²) in [6.07, 6.45) is 5.89. The zero-order chi connectivity index (χ0) is 15.0. The third-order valence-electron chi connectivity index (χ3n) is 4.98. The van der Waals surface area contributed by atoms with Crippen LogP contribution >= 0.6 is 15.9 Å². The number of rotatable bonds is 3. The van der Waals surface area contributed by atoms with E-state index in [0.29, 0.717) is 17.6 Å². The Kier molecular flexibility index (Phi) is 4.13. The second-order valence-electron chi connectivity index (χ2n) is 7.23. The summed E-state index contributed by atoms with van der Waals surface area (Å²) in [5.74, 6) is 1.60. The second kappa shape index (κ2) is 5.75. The van der Waals surface area contributed by atoms with Crippen molar-refractivity contribution in [1.82, 2.24) is 0 Å². The Balaban J connectivity index is 1.71. The molecule has 2 aliphatic rings. The predicted molar refractivity (Wildman–Crippen MR) is 87.8 cm³/mol. The Labute approximate surface area is 135 Å². The summed E-state index contributed by atoms with van der Waals surface area (Å²) < 4.78 is 6.79. The van der Waals surface area contributed by atoms with E-state index in [1.165, 1.54) is 5.56 Å². The number of ether oxygens (including phenoxy) is 1. The molecule has 0 spiro atoms. The van der Waals surface area contributed by atoms with Gasteiger partial charge in [-0.1, -0.05) is 29.8 Å². The molecule has 2 nitrogen and oxygen atoms in total. The minimum atomic E-state index is 0.244. The van der Waals surface area contributed by atoms with Crippen LogP contribution in [0.25, 0.3) is 0 Å². The average Bonchev–Trinajstić information content (AvgIpc) is 2.86. The molecule has 0 unspecified atom stereocenters. The normalized spacial score (nSPS) is 20.9. The lowest BCUT2D eigenvalue weighted by atomic mass is 9.71. The van der Waals surface area contributed by atoms with E-state index in [0.717, 1.165) is 54.5 Å². The molecule has 21 heavy (non-hydrogen) atoms. The van der Waals surface area contributed by atoms with Crippen molar-refractivity contribution >= 4 is 21.7 Å². The number of halogens is 1. The molecule has 0 N–H and O–H groups in total. The fourth-order valence-corrected chi connectivity index (χ4v) is 4.08. The van der Waals surface area contributed by atoms with Gasteiger partial charge in [0, 0.05) is 28.8 Å². The van der Waals surface area contributed by atoms with E-state index in [2.05, 4.69) is 41.9 Å². The van der Waals surface area contributed by atoms with Gasteiger partial charge < -0.3 is 4.74 Å². The Bertz CT molecular complexity index is 553. The van der Waals surface area contributed by atoms with Crippen LogP contribution < -0.4 is 4.74 Å². The van der Waals surface area contributed by atoms with Crippen molar-refractivity contribution in [3.05, 3.63) is 27.7 Å². The highest BCUT2D eigenvalue weighted by molar-refractivity contribution is 9.10. The van der Waals surface area contributed by atoms with E-state index in [4.69, 9.17) is 4.74 Å².